The molecule has 10 heteroatoms. The number of rotatable bonds is 7. The summed E-state index contributed by atoms with van der Waals surface area (Å²) in [6, 6.07) is 8.77. The maximum atomic E-state index is 11.8. The van der Waals surface area contributed by atoms with Crippen molar-refractivity contribution in [2.45, 2.75) is 6.61 Å². The van der Waals surface area contributed by atoms with Crippen LogP contribution in [-0.2, 0) is 16.2 Å². The minimum absolute atomic E-state index is 0.0987. The Morgan fingerprint density at radius 3 is 2.69 bits per heavy atom. The molecule has 2 rings (SSSR count). The number of ether oxygens (including phenoxy) is 1. The molecule has 2 aromatic carbocycles. The van der Waals surface area contributed by atoms with E-state index >= 15 is 0 Å². The zero-order valence-corrected chi connectivity index (χ0v) is 15.0. The first-order valence-electron chi connectivity index (χ1n) is 7.13. The van der Waals surface area contributed by atoms with Gasteiger partial charge >= 0.3 is 0 Å². The Balaban J connectivity index is 1.92. The molecule has 0 radical (unpaired) electrons. The predicted molar refractivity (Wildman–Crippen MR) is 98.0 cm³/mol. The van der Waals surface area contributed by atoms with Crippen molar-refractivity contribution >= 4 is 46.7 Å². The maximum absolute atomic E-state index is 11.8. The van der Waals surface area contributed by atoms with E-state index in [-0.39, 0.29) is 23.7 Å². The van der Waals surface area contributed by atoms with Crippen LogP contribution in [0, 0.1) is 10.1 Å². The first-order valence-corrected chi connectivity index (χ1v) is 7.89. The van der Waals surface area contributed by atoms with Crippen LogP contribution in [0.15, 0.2) is 41.6 Å². The Labute approximate surface area is 158 Å². The largest absolute Gasteiger partial charge is 0.494 e. The third kappa shape index (κ3) is 5.33. The number of nitrogens with zero attached hydrogens (tertiary/aromatic N) is 2. The Hall–Kier alpha value is -2.84. The van der Waals surface area contributed by atoms with Gasteiger partial charge in [-0.05, 0) is 23.8 Å². The summed E-state index contributed by atoms with van der Waals surface area (Å²) in [5, 5.41) is 17.6. The standard InChI is InChI=1S/C16H13Cl2N3O5/c1-25-15-7-11(21(23)24)3-5-14(15)20-16(22)8-19-26-9-10-2-4-12(17)13(18)6-10/h2-8H,9H2,1H3,(H,20,22)/b19-8-. The number of hydrogen-bond acceptors (Lipinski definition) is 6. The van der Waals surface area contributed by atoms with Crippen molar-refractivity contribution < 1.29 is 19.3 Å². The lowest BCUT2D eigenvalue weighted by atomic mass is 10.2. The molecule has 0 heterocycles. The van der Waals surface area contributed by atoms with Gasteiger partial charge in [-0.25, -0.2) is 0 Å². The van der Waals surface area contributed by atoms with Gasteiger partial charge in [-0.2, -0.15) is 0 Å². The van der Waals surface area contributed by atoms with E-state index in [1.807, 2.05) is 0 Å². The van der Waals surface area contributed by atoms with E-state index in [2.05, 4.69) is 10.5 Å². The minimum atomic E-state index is -0.591. The number of non-ortho nitro benzene ring substituents is 1. The molecule has 0 bridgehead atoms. The van der Waals surface area contributed by atoms with Gasteiger partial charge in [0.2, 0.25) is 0 Å². The molecule has 0 saturated heterocycles. The molecule has 8 nitrogen and oxygen atoms in total. The summed E-state index contributed by atoms with van der Waals surface area (Å²) in [5.41, 5.74) is 0.839. The first-order chi connectivity index (χ1) is 12.4. The van der Waals surface area contributed by atoms with Crippen molar-refractivity contribution in [1.29, 1.82) is 0 Å². The molecule has 0 aliphatic carbocycles. The SMILES string of the molecule is COc1cc([N+](=O)[O-])ccc1NC(=O)/C=N\OCc1ccc(Cl)c(Cl)c1. The smallest absolute Gasteiger partial charge is 0.273 e. The van der Waals surface area contributed by atoms with Crippen molar-refractivity contribution in [1.82, 2.24) is 0 Å². The van der Waals surface area contributed by atoms with E-state index in [4.69, 9.17) is 32.8 Å². The van der Waals surface area contributed by atoms with Crippen LogP contribution in [0.4, 0.5) is 11.4 Å². The minimum Gasteiger partial charge on any atom is -0.494 e. The number of nitro benzene ring substituents is 1. The summed E-state index contributed by atoms with van der Waals surface area (Å²) in [7, 11) is 1.34. The highest BCUT2D eigenvalue weighted by Crippen LogP contribution is 2.28. The number of hydrogen-bond donors (Lipinski definition) is 1. The molecule has 0 aliphatic rings. The molecule has 0 spiro atoms. The molecule has 0 aliphatic heterocycles. The number of nitro groups is 1. The van der Waals surface area contributed by atoms with Crippen LogP contribution in [0.2, 0.25) is 10.0 Å². The van der Waals surface area contributed by atoms with Gasteiger partial charge in [0.25, 0.3) is 11.6 Å². The van der Waals surface area contributed by atoms with Gasteiger partial charge in [-0.1, -0.05) is 34.4 Å². The molecule has 0 saturated carbocycles. The van der Waals surface area contributed by atoms with Crippen molar-refractivity contribution in [3.05, 3.63) is 62.1 Å². The number of carbonyl (C=O) groups is 1. The first kappa shape index (κ1) is 19.5. The van der Waals surface area contributed by atoms with Crippen molar-refractivity contribution in [2.24, 2.45) is 5.16 Å². The fraction of sp³-hybridized carbons (Fsp3) is 0.125. The van der Waals surface area contributed by atoms with Gasteiger partial charge in [0.05, 0.1) is 33.8 Å². The number of amides is 1. The number of methoxy groups -OCH3 is 1. The second kappa shape index (κ2) is 9.02. The Kier molecular flexibility index (Phi) is 6.76. The van der Waals surface area contributed by atoms with Crippen LogP contribution < -0.4 is 10.1 Å². The maximum Gasteiger partial charge on any atom is 0.273 e. The average Bonchev–Trinajstić information content (AvgIpc) is 2.61. The van der Waals surface area contributed by atoms with Crippen LogP contribution in [0.3, 0.4) is 0 Å². The van der Waals surface area contributed by atoms with Crippen molar-refractivity contribution in [2.75, 3.05) is 12.4 Å². The number of oxime groups is 1. The molecule has 0 aromatic heterocycles. The van der Waals surface area contributed by atoms with Gasteiger partial charge in [-0.15, -0.1) is 0 Å². The topological polar surface area (TPSA) is 103 Å². The summed E-state index contributed by atoms with van der Waals surface area (Å²) in [6.07, 6.45) is 0.929. The monoisotopic (exact) mass is 397 g/mol. The third-order valence-corrected chi connectivity index (χ3v) is 3.85. The van der Waals surface area contributed by atoms with Gasteiger partial charge in [0.1, 0.15) is 18.6 Å². The van der Waals surface area contributed by atoms with Gasteiger partial charge in [-0.3, -0.25) is 14.9 Å². The van der Waals surface area contributed by atoms with Crippen LogP contribution in [0.25, 0.3) is 0 Å². The zero-order chi connectivity index (χ0) is 19.1. The Morgan fingerprint density at radius 2 is 2.04 bits per heavy atom. The van der Waals surface area contributed by atoms with Gasteiger partial charge < -0.3 is 14.9 Å². The third-order valence-electron chi connectivity index (χ3n) is 3.11. The molecule has 0 fully saturated rings. The molecule has 0 unspecified atom stereocenters. The van der Waals surface area contributed by atoms with Crippen molar-refractivity contribution in [3.8, 4) is 5.75 Å². The molecular formula is C16H13Cl2N3O5. The molecule has 1 amide bonds. The molecule has 0 atom stereocenters. The van der Waals surface area contributed by atoms with E-state index in [0.717, 1.165) is 11.8 Å². The van der Waals surface area contributed by atoms with Gasteiger partial charge in [0, 0.05) is 6.07 Å². The van der Waals surface area contributed by atoms with Crippen LogP contribution in [0.1, 0.15) is 5.56 Å². The van der Waals surface area contributed by atoms with Crippen LogP contribution in [-0.4, -0.2) is 24.2 Å². The molecule has 136 valence electrons. The van der Waals surface area contributed by atoms with E-state index < -0.39 is 10.8 Å². The highest BCUT2D eigenvalue weighted by molar-refractivity contribution is 6.42. The van der Waals surface area contributed by atoms with Gasteiger partial charge in [0.15, 0.2) is 0 Å². The molecular weight excluding hydrogens is 385 g/mol. The summed E-state index contributed by atoms with van der Waals surface area (Å²) in [6.45, 7) is 0.0987. The Morgan fingerprint density at radius 1 is 1.27 bits per heavy atom. The van der Waals surface area contributed by atoms with E-state index in [1.54, 1.807) is 18.2 Å². The van der Waals surface area contributed by atoms with E-state index in [9.17, 15) is 14.9 Å². The quantitative estimate of drug-likeness (QED) is 0.431. The van der Waals surface area contributed by atoms with Crippen molar-refractivity contribution in [3.63, 3.8) is 0 Å². The summed E-state index contributed by atoms with van der Waals surface area (Å²) >= 11 is 11.7. The summed E-state index contributed by atoms with van der Waals surface area (Å²) in [5.74, 6) is -0.441. The van der Waals surface area contributed by atoms with E-state index in [0.29, 0.717) is 10.0 Å². The number of anilines is 1. The Bertz CT molecular complexity index is 858. The number of nitrogens with one attached hydrogen (secondary N) is 1. The lowest BCUT2D eigenvalue weighted by Gasteiger charge is -2.08. The number of benzene rings is 2. The van der Waals surface area contributed by atoms with Crippen LogP contribution >= 0.6 is 23.2 Å². The lowest BCUT2D eigenvalue weighted by molar-refractivity contribution is -0.384. The second-order valence-electron chi connectivity index (χ2n) is 4.89. The van der Waals surface area contributed by atoms with Crippen LogP contribution in [0.5, 0.6) is 5.75 Å². The normalized spacial score (nSPS) is 10.6. The molecule has 1 N–H and O–H groups in total. The highest BCUT2D eigenvalue weighted by atomic mass is 35.5. The second-order valence-corrected chi connectivity index (χ2v) is 5.70. The fourth-order valence-electron chi connectivity index (χ4n) is 1.89. The average molecular weight is 398 g/mol. The molecule has 2 aromatic rings. The molecule has 26 heavy (non-hydrogen) atoms. The lowest BCUT2D eigenvalue weighted by Crippen LogP contribution is -2.13. The number of halogens is 2. The summed E-state index contributed by atoms with van der Waals surface area (Å²) < 4.78 is 5.02. The number of carbonyl (C=O) groups excluding carboxylic acids is 1. The fourth-order valence-corrected chi connectivity index (χ4v) is 2.21. The van der Waals surface area contributed by atoms with E-state index in [1.165, 1.54) is 25.3 Å². The highest BCUT2D eigenvalue weighted by Gasteiger charge is 2.12. The summed E-state index contributed by atoms with van der Waals surface area (Å²) in [4.78, 5) is 27.0. The predicted octanol–water partition coefficient (Wildman–Crippen LogP) is 4.05. The zero-order valence-electron chi connectivity index (χ0n) is 13.4.